The minimum atomic E-state index is -4.62. The Balaban J connectivity index is 1.28. The number of ether oxygens (including phenoxy) is 2. The van der Waals surface area contributed by atoms with Gasteiger partial charge in [0.1, 0.15) is 40.0 Å². The van der Waals surface area contributed by atoms with Gasteiger partial charge in [0.2, 0.25) is 11.8 Å². The zero-order chi connectivity index (χ0) is 40.6. The second-order valence-corrected chi connectivity index (χ2v) is 17.9. The molecule has 5 atom stereocenters. The van der Waals surface area contributed by atoms with E-state index in [1.165, 1.54) is 34.1 Å². The van der Waals surface area contributed by atoms with Crippen molar-refractivity contribution in [3.05, 3.63) is 75.5 Å². The largest absolute Gasteiger partial charge is 0.444 e. The molecule has 0 radical (unpaired) electrons. The van der Waals surface area contributed by atoms with Crippen LogP contribution in [0.1, 0.15) is 76.8 Å². The summed E-state index contributed by atoms with van der Waals surface area (Å²) in [7, 11) is -4.62. The van der Waals surface area contributed by atoms with Crippen LogP contribution in [0.3, 0.4) is 0 Å². The number of carbonyl (C=O) groups is 5. The highest BCUT2D eigenvalue weighted by molar-refractivity contribution is 7.90. The van der Waals surface area contributed by atoms with Gasteiger partial charge in [0, 0.05) is 24.4 Å². The molecule has 3 heterocycles. The third kappa shape index (κ3) is 9.07. The maximum atomic E-state index is 14.5. The number of nitrogens with zero attached hydrogens (tertiary/aromatic N) is 2. The van der Waals surface area contributed by atoms with Crippen molar-refractivity contribution in [3.8, 4) is 0 Å². The van der Waals surface area contributed by atoms with E-state index in [4.69, 9.17) is 32.7 Å². The van der Waals surface area contributed by atoms with E-state index in [-0.39, 0.29) is 48.9 Å². The topological polar surface area (TPSA) is 181 Å². The van der Waals surface area contributed by atoms with Crippen LogP contribution in [0.2, 0.25) is 10.0 Å². The molecule has 2 aromatic rings. The van der Waals surface area contributed by atoms with E-state index in [1.54, 1.807) is 39.0 Å². The van der Waals surface area contributed by atoms with Crippen LogP contribution in [-0.2, 0) is 47.0 Å². The molecule has 0 aromatic heterocycles. The van der Waals surface area contributed by atoms with Crippen molar-refractivity contribution in [2.45, 2.75) is 113 Å². The summed E-state index contributed by atoms with van der Waals surface area (Å²) in [6, 6.07) is 6.18. The molecule has 1 aliphatic carbocycles. The highest BCUT2D eigenvalue weighted by atomic mass is 35.5. The van der Waals surface area contributed by atoms with Gasteiger partial charge in [-0.05, 0) is 70.2 Å². The lowest BCUT2D eigenvalue weighted by Gasteiger charge is -2.30. The number of fused-ring (bicyclic) bond motifs is 3. The normalized spacial score (nSPS) is 26.0. The van der Waals surface area contributed by atoms with E-state index < -0.39 is 85.9 Å². The number of halogens is 3. The minimum absolute atomic E-state index is 0.0309. The van der Waals surface area contributed by atoms with Crippen LogP contribution < -0.4 is 15.4 Å². The summed E-state index contributed by atoms with van der Waals surface area (Å²) in [5, 5.41) is 4.95. The van der Waals surface area contributed by atoms with Crippen LogP contribution in [0.15, 0.2) is 53.4 Å². The molecule has 302 valence electrons. The lowest BCUT2D eigenvalue weighted by molar-refractivity contribution is -0.141. The lowest BCUT2D eigenvalue weighted by Crippen LogP contribution is -2.58. The average molecular weight is 837 g/mol. The zero-order valence-electron chi connectivity index (χ0n) is 31.1. The summed E-state index contributed by atoms with van der Waals surface area (Å²) in [4.78, 5) is 71.1. The van der Waals surface area contributed by atoms with E-state index in [9.17, 15) is 36.8 Å². The van der Waals surface area contributed by atoms with Crippen LogP contribution in [0.25, 0.3) is 0 Å². The van der Waals surface area contributed by atoms with E-state index in [0.29, 0.717) is 36.8 Å². The fourth-order valence-corrected chi connectivity index (χ4v) is 9.53. The molecule has 56 heavy (non-hydrogen) atoms. The molecule has 1 saturated carbocycles. The van der Waals surface area contributed by atoms with Crippen molar-refractivity contribution in [3.63, 3.8) is 0 Å². The highest BCUT2D eigenvalue weighted by Gasteiger charge is 2.62. The molecule has 2 aromatic carbocycles. The van der Waals surface area contributed by atoms with Crippen molar-refractivity contribution >= 4 is 63.1 Å². The van der Waals surface area contributed by atoms with Gasteiger partial charge in [0.05, 0.1) is 23.1 Å². The van der Waals surface area contributed by atoms with Gasteiger partial charge in [-0.25, -0.2) is 27.1 Å². The molecule has 0 spiro atoms. The van der Waals surface area contributed by atoms with Crippen LogP contribution >= 0.6 is 23.2 Å². The summed E-state index contributed by atoms with van der Waals surface area (Å²) in [6.07, 6.45) is 3.56. The fraction of sp³-hybridized carbons (Fsp3) is 0.500. The van der Waals surface area contributed by atoms with Gasteiger partial charge in [0.15, 0.2) is 0 Å². The number of hydrogen-bond donors (Lipinski definition) is 3. The molecule has 3 aliphatic heterocycles. The van der Waals surface area contributed by atoms with Gasteiger partial charge in [-0.15, -0.1) is 0 Å². The molecule has 4 aliphatic rings. The van der Waals surface area contributed by atoms with Gasteiger partial charge >= 0.3 is 12.2 Å². The first-order valence-electron chi connectivity index (χ1n) is 18.4. The predicted molar refractivity (Wildman–Crippen MR) is 202 cm³/mol. The molecule has 0 bridgehead atoms. The number of alkyl carbamates (subject to hydrolysis) is 1. The SMILES string of the molecule is CC(C)(C)OC(=O)N[C@H]1CCCCC/C=C\[C@H]2C[C@]2(C(=O)NS(=O)(=O)c2c(Cl)cccc2Cl)NC(=O)[C@@H]2C[C@@H](OC(=O)N3Cc4cccc(F)c4C3)CN2C1=O. The average Bonchev–Trinajstić information content (AvgIpc) is 3.40. The van der Waals surface area contributed by atoms with Crippen LogP contribution in [0.4, 0.5) is 14.0 Å². The van der Waals surface area contributed by atoms with E-state index in [1.807, 2.05) is 10.8 Å². The molecule has 5 amide bonds. The van der Waals surface area contributed by atoms with Crippen LogP contribution in [0, 0.1) is 11.7 Å². The summed E-state index contributed by atoms with van der Waals surface area (Å²) in [5.41, 5.74) is -1.61. The number of hydrogen-bond acceptors (Lipinski definition) is 9. The van der Waals surface area contributed by atoms with Gasteiger partial charge in [-0.1, -0.05) is 66.4 Å². The van der Waals surface area contributed by atoms with Gasteiger partial charge in [-0.2, -0.15) is 0 Å². The molecule has 1 saturated heterocycles. The second-order valence-electron chi connectivity index (χ2n) is 15.5. The Bertz CT molecular complexity index is 2040. The first-order valence-corrected chi connectivity index (χ1v) is 20.6. The number of amides is 5. The van der Waals surface area contributed by atoms with Crippen molar-refractivity contribution in [1.29, 1.82) is 0 Å². The Kier molecular flexibility index (Phi) is 11.9. The van der Waals surface area contributed by atoms with E-state index >= 15 is 0 Å². The summed E-state index contributed by atoms with van der Waals surface area (Å²) in [6.45, 7) is 4.86. The third-order valence-corrected chi connectivity index (χ3v) is 12.5. The third-order valence-electron chi connectivity index (χ3n) is 10.2. The Morgan fingerprint density at radius 3 is 2.43 bits per heavy atom. The van der Waals surface area contributed by atoms with Crippen LogP contribution in [-0.4, -0.2) is 84.0 Å². The molecular formula is C38H44Cl2FN5O9S. The minimum Gasteiger partial charge on any atom is -0.444 e. The Hall–Kier alpha value is -4.41. The van der Waals surface area contributed by atoms with Gasteiger partial charge in [0.25, 0.3) is 15.9 Å². The number of carbonyl (C=O) groups excluding carboxylic acids is 5. The number of sulfonamides is 1. The molecule has 0 unspecified atom stereocenters. The van der Waals surface area contributed by atoms with Crippen LogP contribution in [0.5, 0.6) is 0 Å². The second kappa shape index (κ2) is 16.2. The van der Waals surface area contributed by atoms with Gasteiger partial charge in [-0.3, -0.25) is 19.3 Å². The Morgan fingerprint density at radius 1 is 1.02 bits per heavy atom. The lowest BCUT2D eigenvalue weighted by atomic mass is 10.0. The maximum absolute atomic E-state index is 14.5. The Morgan fingerprint density at radius 2 is 1.73 bits per heavy atom. The van der Waals surface area contributed by atoms with Crippen molar-refractivity contribution < 1.29 is 46.3 Å². The quantitative estimate of drug-likeness (QED) is 0.335. The molecule has 6 rings (SSSR count). The molecule has 18 heteroatoms. The smallest absolute Gasteiger partial charge is 0.410 e. The van der Waals surface area contributed by atoms with Gasteiger partial charge < -0.3 is 25.0 Å². The van der Waals surface area contributed by atoms with Crippen molar-refractivity contribution in [2.75, 3.05) is 6.54 Å². The highest BCUT2D eigenvalue weighted by Crippen LogP contribution is 2.46. The zero-order valence-corrected chi connectivity index (χ0v) is 33.4. The number of benzene rings is 2. The molecular weight excluding hydrogens is 792 g/mol. The summed E-state index contributed by atoms with van der Waals surface area (Å²) >= 11 is 12.3. The molecule has 14 nitrogen and oxygen atoms in total. The Labute approximate surface area is 334 Å². The van der Waals surface area contributed by atoms with E-state index in [0.717, 1.165) is 0 Å². The number of rotatable bonds is 5. The first kappa shape index (κ1) is 41.2. The number of nitrogens with one attached hydrogen (secondary N) is 3. The first-order chi connectivity index (χ1) is 26.4. The summed E-state index contributed by atoms with van der Waals surface area (Å²) in [5.74, 6) is -3.54. The number of allylic oxidation sites excluding steroid dienone is 1. The summed E-state index contributed by atoms with van der Waals surface area (Å²) < 4.78 is 54.7. The molecule has 3 N–H and O–H groups in total. The van der Waals surface area contributed by atoms with Crippen molar-refractivity contribution in [2.24, 2.45) is 5.92 Å². The fourth-order valence-electron chi connectivity index (χ4n) is 7.35. The predicted octanol–water partition coefficient (Wildman–Crippen LogP) is 5.35. The monoisotopic (exact) mass is 835 g/mol. The molecule has 2 fully saturated rings. The maximum Gasteiger partial charge on any atom is 0.410 e. The standard InChI is InChI=1S/C38H44Cl2FN5O9S/c1-37(2,3)55-35(50)42-29-16-8-6-4-5-7-12-23-18-38(23,34(49)44-56(52,53)31-26(39)13-10-14-27(31)40)43-32(47)30-17-24(20-46(30)33(29)48)54-36(51)45-19-22-11-9-15-28(41)25(22)21-45/h7,9-15,23-24,29-30H,4-6,8,16-21H2,1-3H3,(H,42,50)(H,43,47)(H,44,49)/b12-7-/t23-,24+,29-,30-,38-/m0/s1. The van der Waals surface area contributed by atoms with Crippen molar-refractivity contribution in [1.82, 2.24) is 25.2 Å². The van der Waals surface area contributed by atoms with E-state index in [2.05, 4.69) is 10.6 Å².